The minimum Gasteiger partial charge on any atom is -0.355 e. The van der Waals surface area contributed by atoms with Crippen LogP contribution in [-0.2, 0) is 15.0 Å². The van der Waals surface area contributed by atoms with Gasteiger partial charge in [0.2, 0.25) is 11.8 Å². The molecule has 25 heavy (non-hydrogen) atoms. The molecule has 138 valence electrons. The number of hydrogen-bond donors (Lipinski definition) is 1. The van der Waals surface area contributed by atoms with Crippen LogP contribution in [0, 0.1) is 10.8 Å². The normalized spacial score (nSPS) is 21.3. The van der Waals surface area contributed by atoms with E-state index in [1.807, 2.05) is 64.6 Å². The van der Waals surface area contributed by atoms with Gasteiger partial charge in [-0.15, -0.1) is 0 Å². The molecule has 1 aliphatic rings. The molecule has 0 bridgehead atoms. The Balaban J connectivity index is 2.24. The van der Waals surface area contributed by atoms with Crippen molar-refractivity contribution in [2.24, 2.45) is 10.8 Å². The summed E-state index contributed by atoms with van der Waals surface area (Å²) in [5.74, 6) is 0.163. The van der Waals surface area contributed by atoms with Crippen molar-refractivity contribution in [3.05, 3.63) is 30.1 Å². The van der Waals surface area contributed by atoms with Crippen molar-refractivity contribution in [1.29, 1.82) is 0 Å². The van der Waals surface area contributed by atoms with Gasteiger partial charge in [0.1, 0.15) is 0 Å². The van der Waals surface area contributed by atoms with E-state index in [4.69, 9.17) is 0 Å². The minimum atomic E-state index is -0.440. The molecule has 1 fully saturated rings. The van der Waals surface area contributed by atoms with Gasteiger partial charge < -0.3 is 10.2 Å². The molecule has 1 aromatic rings. The second-order valence-electron chi connectivity index (χ2n) is 9.15. The molecule has 1 unspecified atom stereocenters. The van der Waals surface area contributed by atoms with Gasteiger partial charge in [0.05, 0.1) is 5.69 Å². The largest absolute Gasteiger partial charge is 0.355 e. The summed E-state index contributed by atoms with van der Waals surface area (Å²) in [6.45, 7) is 13.3. The Bertz CT molecular complexity index is 629. The van der Waals surface area contributed by atoms with Crippen LogP contribution in [0.25, 0.3) is 0 Å². The summed E-state index contributed by atoms with van der Waals surface area (Å²) in [6.07, 6.45) is 2.58. The van der Waals surface area contributed by atoms with Crippen LogP contribution in [0.5, 0.6) is 0 Å². The van der Waals surface area contributed by atoms with E-state index in [0.717, 1.165) is 12.1 Å². The average molecular weight is 345 g/mol. The van der Waals surface area contributed by atoms with E-state index in [9.17, 15) is 9.59 Å². The average Bonchev–Trinajstić information content (AvgIpc) is 2.96. The summed E-state index contributed by atoms with van der Waals surface area (Å²) < 4.78 is 0. The van der Waals surface area contributed by atoms with Gasteiger partial charge in [0.25, 0.3) is 0 Å². The fourth-order valence-electron chi connectivity index (χ4n) is 3.16. The molecule has 0 spiro atoms. The summed E-state index contributed by atoms with van der Waals surface area (Å²) in [7, 11) is 0. The number of hydrogen-bond acceptors (Lipinski definition) is 3. The Morgan fingerprint density at radius 3 is 2.36 bits per heavy atom. The quantitative estimate of drug-likeness (QED) is 0.916. The Labute approximate surface area is 151 Å². The summed E-state index contributed by atoms with van der Waals surface area (Å²) in [5.41, 5.74) is -0.239. The summed E-state index contributed by atoms with van der Waals surface area (Å²) in [4.78, 5) is 31.5. The highest BCUT2D eigenvalue weighted by atomic mass is 16.2. The second-order valence-corrected chi connectivity index (χ2v) is 9.15. The Morgan fingerprint density at radius 1 is 1.16 bits per heavy atom. The van der Waals surface area contributed by atoms with Gasteiger partial charge >= 0.3 is 0 Å². The highest BCUT2D eigenvalue weighted by molar-refractivity contribution is 5.82. The third kappa shape index (κ3) is 4.39. The predicted octanol–water partition coefficient (Wildman–Crippen LogP) is 2.76. The minimum absolute atomic E-state index is 0.0170. The first-order chi connectivity index (χ1) is 11.5. The molecular formula is C20H31N3O2. The van der Waals surface area contributed by atoms with Crippen LogP contribution in [0.3, 0.4) is 0 Å². The molecule has 0 aliphatic carbocycles. The lowest BCUT2D eigenvalue weighted by atomic mass is 9.82. The van der Waals surface area contributed by atoms with Gasteiger partial charge in [-0.3, -0.25) is 14.6 Å². The van der Waals surface area contributed by atoms with Crippen molar-refractivity contribution in [3.8, 4) is 0 Å². The number of nitrogens with one attached hydrogen (secondary N) is 1. The van der Waals surface area contributed by atoms with E-state index < -0.39 is 10.8 Å². The molecule has 5 nitrogen and oxygen atoms in total. The first-order valence-corrected chi connectivity index (χ1v) is 8.95. The van der Waals surface area contributed by atoms with Gasteiger partial charge in [0.15, 0.2) is 0 Å². The van der Waals surface area contributed by atoms with E-state index >= 15 is 0 Å². The maximum atomic E-state index is 12.7. The third-order valence-electron chi connectivity index (χ3n) is 4.76. The molecule has 1 aliphatic heterocycles. The molecular weight excluding hydrogens is 314 g/mol. The molecule has 0 aromatic carbocycles. The zero-order valence-electron chi connectivity index (χ0n) is 16.3. The molecule has 1 N–H and O–H groups in total. The zero-order chi connectivity index (χ0) is 18.9. The van der Waals surface area contributed by atoms with E-state index in [1.54, 1.807) is 6.20 Å². The highest BCUT2D eigenvalue weighted by Gasteiger charge is 2.44. The van der Waals surface area contributed by atoms with Crippen molar-refractivity contribution < 1.29 is 9.59 Å². The van der Waals surface area contributed by atoms with Crippen LogP contribution in [0.2, 0.25) is 0 Å². The highest BCUT2D eigenvalue weighted by Crippen LogP contribution is 2.35. The number of nitrogens with zero attached hydrogens (tertiary/aromatic N) is 2. The first kappa shape index (κ1) is 19.4. The van der Waals surface area contributed by atoms with Gasteiger partial charge in [-0.1, -0.05) is 47.6 Å². The van der Waals surface area contributed by atoms with E-state index in [0.29, 0.717) is 19.6 Å². The van der Waals surface area contributed by atoms with Crippen LogP contribution < -0.4 is 5.32 Å². The fourth-order valence-corrected chi connectivity index (χ4v) is 3.16. The smallest absolute Gasteiger partial charge is 0.227 e. The lowest BCUT2D eigenvalue weighted by molar-refractivity contribution is -0.138. The number of carbonyl (C=O) groups is 2. The van der Waals surface area contributed by atoms with Crippen LogP contribution in [0.4, 0.5) is 0 Å². The molecule has 2 heterocycles. The number of pyridine rings is 1. The predicted molar refractivity (Wildman–Crippen MR) is 99.0 cm³/mol. The van der Waals surface area contributed by atoms with E-state index in [2.05, 4.69) is 10.3 Å². The molecule has 1 aromatic heterocycles. The van der Waals surface area contributed by atoms with E-state index in [1.165, 1.54) is 0 Å². The molecule has 2 rings (SSSR count). The number of aromatic nitrogens is 1. The number of likely N-dealkylation sites (tertiary alicyclic amines) is 1. The van der Waals surface area contributed by atoms with Crippen molar-refractivity contribution in [3.63, 3.8) is 0 Å². The van der Waals surface area contributed by atoms with Crippen LogP contribution in [0.15, 0.2) is 24.4 Å². The van der Waals surface area contributed by atoms with Crippen LogP contribution in [-0.4, -0.2) is 41.3 Å². The van der Waals surface area contributed by atoms with Crippen molar-refractivity contribution >= 4 is 11.8 Å². The number of amides is 2. The maximum Gasteiger partial charge on any atom is 0.227 e. The first-order valence-electron chi connectivity index (χ1n) is 8.95. The molecule has 0 radical (unpaired) electrons. The lowest BCUT2D eigenvalue weighted by Crippen LogP contribution is -2.47. The summed E-state index contributed by atoms with van der Waals surface area (Å²) >= 11 is 0. The monoisotopic (exact) mass is 345 g/mol. The van der Waals surface area contributed by atoms with Gasteiger partial charge in [-0.25, -0.2) is 0 Å². The Kier molecular flexibility index (Phi) is 5.26. The van der Waals surface area contributed by atoms with Crippen molar-refractivity contribution in [2.45, 2.75) is 53.4 Å². The van der Waals surface area contributed by atoms with Crippen molar-refractivity contribution in [2.75, 3.05) is 19.6 Å². The number of carbonyl (C=O) groups excluding carboxylic acids is 2. The van der Waals surface area contributed by atoms with Gasteiger partial charge in [-0.05, 0) is 18.6 Å². The SMILES string of the molecule is CC(C)(C)C(=O)NCC1(c2ccccn2)CCN(C(=O)C(C)(C)C)C1. The number of rotatable bonds is 3. The molecule has 1 atom stereocenters. The Morgan fingerprint density at radius 2 is 1.84 bits per heavy atom. The third-order valence-corrected chi connectivity index (χ3v) is 4.76. The van der Waals surface area contributed by atoms with Gasteiger partial charge in [0, 0.05) is 42.1 Å². The summed E-state index contributed by atoms with van der Waals surface area (Å²) in [6, 6.07) is 5.84. The van der Waals surface area contributed by atoms with Crippen LogP contribution in [0.1, 0.15) is 53.7 Å². The van der Waals surface area contributed by atoms with Crippen molar-refractivity contribution in [1.82, 2.24) is 15.2 Å². The van der Waals surface area contributed by atoms with E-state index in [-0.39, 0.29) is 17.2 Å². The molecule has 2 amide bonds. The Hall–Kier alpha value is -1.91. The fraction of sp³-hybridized carbons (Fsp3) is 0.650. The summed E-state index contributed by atoms with van der Waals surface area (Å²) in [5, 5.41) is 3.09. The van der Waals surface area contributed by atoms with Crippen LogP contribution >= 0.6 is 0 Å². The lowest BCUT2D eigenvalue weighted by Gasteiger charge is -2.32. The maximum absolute atomic E-state index is 12.7. The zero-order valence-corrected chi connectivity index (χ0v) is 16.3. The van der Waals surface area contributed by atoms with Gasteiger partial charge in [-0.2, -0.15) is 0 Å². The topological polar surface area (TPSA) is 62.3 Å². The molecule has 1 saturated heterocycles. The standard InChI is InChI=1S/C20H31N3O2/c1-18(2,3)16(24)22-13-20(15-9-7-8-11-21-15)10-12-23(14-20)17(25)19(4,5)6/h7-9,11H,10,12-14H2,1-6H3,(H,22,24). The molecule has 0 saturated carbocycles. The second kappa shape index (κ2) is 6.77. The molecule has 5 heteroatoms.